The summed E-state index contributed by atoms with van der Waals surface area (Å²) in [5.41, 5.74) is 7.87. The van der Waals surface area contributed by atoms with Gasteiger partial charge in [-0.2, -0.15) is 0 Å². The van der Waals surface area contributed by atoms with Crippen LogP contribution in [0.25, 0.3) is 0 Å². The van der Waals surface area contributed by atoms with Gasteiger partial charge in [-0.05, 0) is 25.0 Å². The summed E-state index contributed by atoms with van der Waals surface area (Å²) in [7, 11) is 0. The number of esters is 1. The summed E-state index contributed by atoms with van der Waals surface area (Å²) >= 11 is 0. The van der Waals surface area contributed by atoms with Crippen molar-refractivity contribution in [3.63, 3.8) is 0 Å². The average Bonchev–Trinajstić information content (AvgIpc) is 2.53. The van der Waals surface area contributed by atoms with Gasteiger partial charge in [0.05, 0.1) is 5.56 Å². The molecule has 3 nitrogen and oxygen atoms in total. The molecule has 80 valence electrons. The van der Waals surface area contributed by atoms with Crippen molar-refractivity contribution in [1.29, 1.82) is 0 Å². The van der Waals surface area contributed by atoms with Gasteiger partial charge < -0.3 is 10.5 Å². The maximum Gasteiger partial charge on any atom is 0.339 e. The van der Waals surface area contributed by atoms with Crippen molar-refractivity contribution in [2.45, 2.75) is 32.3 Å². The highest BCUT2D eigenvalue weighted by molar-refractivity contribution is 5.95. The van der Waals surface area contributed by atoms with Gasteiger partial charge in [0, 0.05) is 11.3 Å². The Morgan fingerprint density at radius 2 is 2.27 bits per heavy atom. The van der Waals surface area contributed by atoms with E-state index in [-0.39, 0.29) is 12.1 Å². The first-order valence-corrected chi connectivity index (χ1v) is 5.32. The Balaban J connectivity index is 2.26. The van der Waals surface area contributed by atoms with Crippen LogP contribution in [0.1, 0.15) is 48.2 Å². The van der Waals surface area contributed by atoms with Gasteiger partial charge in [0.25, 0.3) is 0 Å². The second kappa shape index (κ2) is 3.93. The second-order valence-electron chi connectivity index (χ2n) is 3.88. The van der Waals surface area contributed by atoms with Crippen molar-refractivity contribution in [2.75, 3.05) is 5.73 Å². The summed E-state index contributed by atoms with van der Waals surface area (Å²) in [6.45, 7) is 2.13. The summed E-state index contributed by atoms with van der Waals surface area (Å²) in [6, 6.07) is 5.42. The van der Waals surface area contributed by atoms with Crippen LogP contribution in [0.3, 0.4) is 0 Å². The summed E-state index contributed by atoms with van der Waals surface area (Å²) in [5, 5.41) is 0. The van der Waals surface area contributed by atoms with E-state index in [2.05, 4.69) is 6.92 Å². The fraction of sp³-hybridized carbons (Fsp3) is 0.417. The number of hydrogen-bond acceptors (Lipinski definition) is 3. The van der Waals surface area contributed by atoms with Crippen molar-refractivity contribution < 1.29 is 9.53 Å². The molecule has 1 atom stereocenters. The lowest BCUT2D eigenvalue weighted by atomic mass is 10.0. The fourth-order valence-electron chi connectivity index (χ4n) is 1.89. The van der Waals surface area contributed by atoms with Crippen molar-refractivity contribution in [3.05, 3.63) is 29.3 Å². The van der Waals surface area contributed by atoms with Crippen LogP contribution in [0.5, 0.6) is 0 Å². The lowest BCUT2D eigenvalue weighted by Crippen LogP contribution is -1.98. The minimum Gasteiger partial charge on any atom is -0.454 e. The van der Waals surface area contributed by atoms with Crippen molar-refractivity contribution in [3.8, 4) is 0 Å². The first-order chi connectivity index (χ1) is 7.22. The number of nitrogen functional groups attached to an aromatic ring is 1. The molecule has 0 saturated carbocycles. The maximum atomic E-state index is 11.5. The number of nitrogens with two attached hydrogens (primary N) is 1. The van der Waals surface area contributed by atoms with Crippen molar-refractivity contribution in [1.82, 2.24) is 0 Å². The molecule has 1 aliphatic heterocycles. The highest BCUT2D eigenvalue weighted by Gasteiger charge is 2.30. The Bertz CT molecular complexity index is 387. The summed E-state index contributed by atoms with van der Waals surface area (Å²) in [6.07, 6.45) is 3.02. The van der Waals surface area contributed by atoms with Gasteiger partial charge in [-0.3, -0.25) is 0 Å². The zero-order chi connectivity index (χ0) is 10.8. The molecule has 0 fully saturated rings. The minimum absolute atomic E-state index is 0.0620. The lowest BCUT2D eigenvalue weighted by Gasteiger charge is -2.09. The third-order valence-electron chi connectivity index (χ3n) is 2.71. The van der Waals surface area contributed by atoms with Gasteiger partial charge in [0.1, 0.15) is 6.10 Å². The van der Waals surface area contributed by atoms with Gasteiger partial charge in [-0.1, -0.05) is 19.4 Å². The topological polar surface area (TPSA) is 52.3 Å². The van der Waals surface area contributed by atoms with E-state index < -0.39 is 0 Å². The Morgan fingerprint density at radius 1 is 1.47 bits per heavy atom. The lowest BCUT2D eigenvalue weighted by molar-refractivity contribution is 0.0364. The van der Waals surface area contributed by atoms with Gasteiger partial charge >= 0.3 is 5.97 Å². The molecular weight excluding hydrogens is 190 g/mol. The van der Waals surface area contributed by atoms with Crippen LogP contribution < -0.4 is 5.73 Å². The minimum atomic E-state index is -0.238. The van der Waals surface area contributed by atoms with Crippen LogP contribution in [0.2, 0.25) is 0 Å². The van der Waals surface area contributed by atoms with Crippen molar-refractivity contribution >= 4 is 11.7 Å². The number of carbonyl (C=O) groups is 1. The predicted molar refractivity (Wildman–Crippen MR) is 58.5 cm³/mol. The monoisotopic (exact) mass is 205 g/mol. The van der Waals surface area contributed by atoms with Crippen molar-refractivity contribution in [2.24, 2.45) is 0 Å². The number of cyclic esters (lactones) is 1. The van der Waals surface area contributed by atoms with Crippen LogP contribution in [0.4, 0.5) is 5.69 Å². The Morgan fingerprint density at radius 3 is 3.00 bits per heavy atom. The van der Waals surface area contributed by atoms with Crippen LogP contribution in [0.15, 0.2) is 18.2 Å². The molecule has 0 radical (unpaired) electrons. The Labute approximate surface area is 89.2 Å². The number of ether oxygens (including phenoxy) is 1. The number of anilines is 1. The molecular formula is C12H15NO2. The number of unbranched alkanes of at least 4 members (excludes halogenated alkanes) is 1. The first-order valence-electron chi connectivity index (χ1n) is 5.32. The smallest absolute Gasteiger partial charge is 0.339 e. The highest BCUT2D eigenvalue weighted by atomic mass is 16.5. The van der Waals surface area contributed by atoms with Gasteiger partial charge in [-0.25, -0.2) is 4.79 Å². The number of benzene rings is 1. The third-order valence-corrected chi connectivity index (χ3v) is 2.71. The van der Waals surface area contributed by atoms with Crippen LogP contribution in [0, 0.1) is 0 Å². The van der Waals surface area contributed by atoms with E-state index in [1.54, 1.807) is 6.07 Å². The summed E-state index contributed by atoms with van der Waals surface area (Å²) in [4.78, 5) is 11.5. The molecule has 0 aromatic heterocycles. The van der Waals surface area contributed by atoms with E-state index in [0.29, 0.717) is 11.3 Å². The molecule has 0 aliphatic carbocycles. The second-order valence-corrected chi connectivity index (χ2v) is 3.88. The fourth-order valence-corrected chi connectivity index (χ4v) is 1.89. The number of fused-ring (bicyclic) bond motifs is 1. The molecule has 2 N–H and O–H groups in total. The molecule has 0 amide bonds. The number of hydrogen-bond donors (Lipinski definition) is 1. The summed E-state index contributed by atoms with van der Waals surface area (Å²) in [5.74, 6) is -0.238. The normalized spacial score (nSPS) is 18.7. The molecule has 1 aromatic carbocycles. The van der Waals surface area contributed by atoms with Gasteiger partial charge in [0.15, 0.2) is 0 Å². The van der Waals surface area contributed by atoms with Gasteiger partial charge in [-0.15, -0.1) is 0 Å². The summed E-state index contributed by atoms with van der Waals surface area (Å²) < 4.78 is 5.29. The Kier molecular flexibility index (Phi) is 2.62. The van der Waals surface area contributed by atoms with E-state index >= 15 is 0 Å². The van der Waals surface area contributed by atoms with E-state index in [1.165, 1.54) is 0 Å². The van der Waals surface area contributed by atoms with E-state index in [0.717, 1.165) is 24.8 Å². The molecule has 0 spiro atoms. The highest BCUT2D eigenvalue weighted by Crippen LogP contribution is 2.34. The predicted octanol–water partition coefficient (Wildman–Crippen LogP) is 2.67. The SMILES string of the molecule is CCCC[C@@H]1OC(=O)c2cc(N)ccc21. The Hall–Kier alpha value is -1.51. The van der Waals surface area contributed by atoms with E-state index in [1.807, 2.05) is 12.1 Å². The maximum absolute atomic E-state index is 11.5. The zero-order valence-corrected chi connectivity index (χ0v) is 8.82. The molecule has 15 heavy (non-hydrogen) atoms. The molecule has 0 unspecified atom stereocenters. The van der Waals surface area contributed by atoms with Crippen LogP contribution in [-0.4, -0.2) is 5.97 Å². The largest absolute Gasteiger partial charge is 0.454 e. The molecule has 1 aromatic rings. The molecule has 0 saturated heterocycles. The quantitative estimate of drug-likeness (QED) is 0.609. The number of carbonyl (C=O) groups excluding carboxylic acids is 1. The standard InChI is InChI=1S/C12H15NO2/c1-2-3-4-11-9-6-5-8(13)7-10(9)12(14)15-11/h5-7,11H,2-4,13H2,1H3/t11-/m0/s1. The first kappa shape index (κ1) is 10.0. The van der Waals surface area contributed by atoms with Gasteiger partial charge in [0.2, 0.25) is 0 Å². The van der Waals surface area contributed by atoms with Crippen LogP contribution in [-0.2, 0) is 4.74 Å². The molecule has 3 heteroatoms. The number of rotatable bonds is 3. The van der Waals surface area contributed by atoms with Crippen LogP contribution >= 0.6 is 0 Å². The van der Waals surface area contributed by atoms with E-state index in [4.69, 9.17) is 10.5 Å². The zero-order valence-electron chi connectivity index (χ0n) is 8.82. The average molecular weight is 205 g/mol. The molecule has 1 heterocycles. The molecule has 2 rings (SSSR count). The molecule has 1 aliphatic rings. The molecule has 0 bridgehead atoms. The van der Waals surface area contributed by atoms with E-state index in [9.17, 15) is 4.79 Å². The third kappa shape index (κ3) is 1.82.